The van der Waals surface area contributed by atoms with Gasteiger partial charge in [0.05, 0.1) is 6.04 Å². The van der Waals surface area contributed by atoms with Crippen LogP contribution in [-0.4, -0.2) is 26.4 Å². The van der Waals surface area contributed by atoms with Gasteiger partial charge in [-0.05, 0) is 23.8 Å². The number of rotatable bonds is 4. The van der Waals surface area contributed by atoms with Crippen molar-refractivity contribution < 1.29 is 13.2 Å². The number of hydrogen-bond donors (Lipinski definition) is 1. The molecule has 0 radical (unpaired) electrons. The Bertz CT molecular complexity index is 306. The molecule has 2 N–H and O–H groups in total. The van der Waals surface area contributed by atoms with Gasteiger partial charge in [-0.15, -0.1) is 5.10 Å². The molecule has 0 aliphatic carbocycles. The first-order valence-electron chi connectivity index (χ1n) is 4.48. The zero-order chi connectivity index (χ0) is 11.5. The molecule has 86 valence electrons. The van der Waals surface area contributed by atoms with E-state index in [1.807, 2.05) is 0 Å². The molecule has 0 bridgehead atoms. The van der Waals surface area contributed by atoms with E-state index < -0.39 is 12.6 Å². The number of tetrazole rings is 1. The fourth-order valence-corrected chi connectivity index (χ4v) is 1.13. The standard InChI is InChI=1S/C7H12F3N5/c1-5(11)6-12-13-14-15(6)4-2-3-7(8,9)10/h5H,2-4,11H2,1H3. The van der Waals surface area contributed by atoms with Crippen LogP contribution in [0.5, 0.6) is 0 Å². The topological polar surface area (TPSA) is 69.6 Å². The number of nitrogens with zero attached hydrogens (tertiary/aromatic N) is 4. The average molecular weight is 223 g/mol. The molecular formula is C7H12F3N5. The molecule has 1 aromatic rings. The molecule has 0 aliphatic heterocycles. The van der Waals surface area contributed by atoms with Crippen molar-refractivity contribution in [1.82, 2.24) is 20.2 Å². The van der Waals surface area contributed by atoms with Crippen LogP contribution < -0.4 is 5.73 Å². The van der Waals surface area contributed by atoms with Gasteiger partial charge in [-0.25, -0.2) is 4.68 Å². The van der Waals surface area contributed by atoms with Gasteiger partial charge in [0, 0.05) is 13.0 Å². The predicted molar refractivity (Wildman–Crippen MR) is 45.7 cm³/mol. The van der Waals surface area contributed by atoms with Gasteiger partial charge < -0.3 is 5.73 Å². The van der Waals surface area contributed by atoms with E-state index in [2.05, 4.69) is 15.5 Å². The van der Waals surface area contributed by atoms with Gasteiger partial charge in [0.15, 0.2) is 5.82 Å². The van der Waals surface area contributed by atoms with Gasteiger partial charge >= 0.3 is 6.18 Å². The minimum absolute atomic E-state index is 0.0474. The van der Waals surface area contributed by atoms with Crippen molar-refractivity contribution in [3.63, 3.8) is 0 Å². The Kier molecular flexibility index (Phi) is 3.61. The van der Waals surface area contributed by atoms with E-state index in [4.69, 9.17) is 5.73 Å². The minimum Gasteiger partial charge on any atom is -0.322 e. The Morgan fingerprint density at radius 1 is 1.47 bits per heavy atom. The number of hydrogen-bond acceptors (Lipinski definition) is 4. The molecule has 8 heteroatoms. The molecule has 0 fully saturated rings. The van der Waals surface area contributed by atoms with Crippen molar-refractivity contribution >= 4 is 0 Å². The van der Waals surface area contributed by atoms with Crippen molar-refractivity contribution in [3.8, 4) is 0 Å². The van der Waals surface area contributed by atoms with Crippen molar-refractivity contribution in [2.24, 2.45) is 5.73 Å². The van der Waals surface area contributed by atoms with E-state index >= 15 is 0 Å². The summed E-state index contributed by atoms with van der Waals surface area (Å²) in [4.78, 5) is 0. The van der Waals surface area contributed by atoms with E-state index in [0.29, 0.717) is 5.82 Å². The molecule has 0 aromatic carbocycles. The van der Waals surface area contributed by atoms with Gasteiger partial charge in [-0.1, -0.05) is 0 Å². The zero-order valence-electron chi connectivity index (χ0n) is 8.20. The first-order valence-corrected chi connectivity index (χ1v) is 4.48. The largest absolute Gasteiger partial charge is 0.389 e. The smallest absolute Gasteiger partial charge is 0.322 e. The fraction of sp³-hybridized carbons (Fsp3) is 0.857. The molecule has 0 aliphatic rings. The highest BCUT2D eigenvalue weighted by Crippen LogP contribution is 2.21. The number of alkyl halides is 3. The summed E-state index contributed by atoms with van der Waals surface area (Å²) in [5.41, 5.74) is 5.53. The van der Waals surface area contributed by atoms with Gasteiger partial charge in [0.1, 0.15) is 0 Å². The van der Waals surface area contributed by atoms with Crippen LogP contribution in [0.25, 0.3) is 0 Å². The Morgan fingerprint density at radius 3 is 2.67 bits per heavy atom. The summed E-state index contributed by atoms with van der Waals surface area (Å²) in [6.07, 6.45) is -5.03. The van der Waals surface area contributed by atoms with Crippen LogP contribution >= 0.6 is 0 Å². The lowest BCUT2D eigenvalue weighted by atomic mass is 10.3. The van der Waals surface area contributed by atoms with E-state index in [1.54, 1.807) is 6.92 Å². The molecular weight excluding hydrogens is 211 g/mol. The number of nitrogens with two attached hydrogens (primary N) is 1. The number of halogens is 3. The third-order valence-electron chi connectivity index (χ3n) is 1.80. The van der Waals surface area contributed by atoms with Crippen LogP contribution in [0, 0.1) is 0 Å². The molecule has 5 nitrogen and oxygen atoms in total. The monoisotopic (exact) mass is 223 g/mol. The molecule has 1 aromatic heterocycles. The molecule has 1 rings (SSSR count). The second-order valence-corrected chi connectivity index (χ2v) is 3.27. The highest BCUT2D eigenvalue weighted by molar-refractivity contribution is 4.87. The Labute approximate surface area is 84.4 Å². The molecule has 0 spiro atoms. The molecule has 1 heterocycles. The van der Waals surface area contributed by atoms with E-state index in [1.165, 1.54) is 4.68 Å². The van der Waals surface area contributed by atoms with Gasteiger partial charge in [0.25, 0.3) is 0 Å². The minimum atomic E-state index is -4.14. The fourth-order valence-electron chi connectivity index (χ4n) is 1.13. The third-order valence-corrected chi connectivity index (χ3v) is 1.80. The van der Waals surface area contributed by atoms with E-state index in [0.717, 1.165) is 0 Å². The summed E-state index contributed by atoms with van der Waals surface area (Å²) >= 11 is 0. The maximum absolute atomic E-state index is 11.9. The van der Waals surface area contributed by atoms with Crippen molar-refractivity contribution in [2.75, 3.05) is 0 Å². The lowest BCUT2D eigenvalue weighted by molar-refractivity contribution is -0.136. The second kappa shape index (κ2) is 4.56. The molecule has 15 heavy (non-hydrogen) atoms. The second-order valence-electron chi connectivity index (χ2n) is 3.27. The summed E-state index contributed by atoms with van der Waals surface area (Å²) < 4.78 is 36.9. The average Bonchev–Trinajstić information content (AvgIpc) is 2.49. The Hall–Kier alpha value is -1.18. The van der Waals surface area contributed by atoms with Crippen molar-refractivity contribution in [1.29, 1.82) is 0 Å². The van der Waals surface area contributed by atoms with Crippen molar-refractivity contribution in [2.45, 2.75) is 38.5 Å². The third kappa shape index (κ3) is 3.82. The Balaban J connectivity index is 2.47. The maximum Gasteiger partial charge on any atom is 0.389 e. The summed E-state index contributed by atoms with van der Waals surface area (Å²) in [6.45, 7) is 1.80. The zero-order valence-corrected chi connectivity index (χ0v) is 8.20. The molecule has 0 saturated carbocycles. The van der Waals surface area contributed by atoms with Crippen LogP contribution in [0.2, 0.25) is 0 Å². The van der Waals surface area contributed by atoms with Crippen LogP contribution in [0.15, 0.2) is 0 Å². The SMILES string of the molecule is CC(N)c1nnnn1CCCC(F)(F)F. The lowest BCUT2D eigenvalue weighted by Gasteiger charge is -2.08. The molecule has 1 unspecified atom stereocenters. The maximum atomic E-state index is 11.9. The van der Waals surface area contributed by atoms with E-state index in [-0.39, 0.29) is 19.0 Å². The van der Waals surface area contributed by atoms with Crippen LogP contribution in [0.1, 0.15) is 31.6 Å². The van der Waals surface area contributed by atoms with Crippen LogP contribution in [-0.2, 0) is 6.54 Å². The summed E-state index contributed by atoms with van der Waals surface area (Å²) in [6, 6.07) is -0.383. The highest BCUT2D eigenvalue weighted by Gasteiger charge is 2.26. The van der Waals surface area contributed by atoms with Gasteiger partial charge in [-0.3, -0.25) is 0 Å². The van der Waals surface area contributed by atoms with Gasteiger partial charge in [-0.2, -0.15) is 13.2 Å². The van der Waals surface area contributed by atoms with E-state index in [9.17, 15) is 13.2 Å². The highest BCUT2D eigenvalue weighted by atomic mass is 19.4. The lowest BCUT2D eigenvalue weighted by Crippen LogP contribution is -2.16. The molecule has 0 amide bonds. The quantitative estimate of drug-likeness (QED) is 0.827. The number of aryl methyl sites for hydroxylation is 1. The summed E-state index contributed by atoms with van der Waals surface area (Å²) in [7, 11) is 0. The normalized spacial score (nSPS) is 14.2. The number of aromatic nitrogens is 4. The first-order chi connectivity index (χ1) is 6.90. The van der Waals surface area contributed by atoms with Crippen molar-refractivity contribution in [3.05, 3.63) is 5.82 Å². The first kappa shape index (κ1) is 11.9. The van der Waals surface area contributed by atoms with Crippen LogP contribution in [0.4, 0.5) is 13.2 Å². The predicted octanol–water partition coefficient (Wildman–Crippen LogP) is 1.04. The van der Waals surface area contributed by atoms with Crippen LogP contribution in [0.3, 0.4) is 0 Å². The molecule has 1 atom stereocenters. The molecule has 0 saturated heterocycles. The van der Waals surface area contributed by atoms with Gasteiger partial charge in [0.2, 0.25) is 0 Å². The summed E-state index contributed by atoms with van der Waals surface area (Å²) in [5, 5.41) is 10.6. The Morgan fingerprint density at radius 2 is 2.13 bits per heavy atom. The summed E-state index contributed by atoms with van der Waals surface area (Å²) in [5.74, 6) is 0.400.